The van der Waals surface area contributed by atoms with E-state index in [0.29, 0.717) is 22.7 Å². The van der Waals surface area contributed by atoms with Crippen molar-refractivity contribution in [2.45, 2.75) is 31.7 Å². The van der Waals surface area contributed by atoms with Gasteiger partial charge in [-0.25, -0.2) is 9.78 Å². The summed E-state index contributed by atoms with van der Waals surface area (Å²) in [6, 6.07) is 7.19. The van der Waals surface area contributed by atoms with Crippen LogP contribution in [0.1, 0.15) is 46.4 Å². The second-order valence-corrected chi connectivity index (χ2v) is 7.39. The van der Waals surface area contributed by atoms with E-state index in [1.54, 1.807) is 17.5 Å². The van der Waals surface area contributed by atoms with Crippen LogP contribution in [0.2, 0.25) is 0 Å². The minimum Gasteiger partial charge on any atom is -0.464 e. The number of primary amides is 1. The average Bonchev–Trinajstić information content (AvgIpc) is 3.33. The van der Waals surface area contributed by atoms with Crippen molar-refractivity contribution in [2.75, 3.05) is 6.61 Å². The molecule has 1 aliphatic heterocycles. The molecule has 3 heterocycles. The molecule has 1 amide bonds. The number of carboxylic acid groups (broad SMARTS) is 1. The number of nitrogens with two attached hydrogens (primary N) is 1. The fourth-order valence-corrected chi connectivity index (χ4v) is 4.19. The molecule has 2 unspecified atom stereocenters. The van der Waals surface area contributed by atoms with E-state index in [4.69, 9.17) is 15.2 Å². The lowest BCUT2D eigenvalue weighted by Crippen LogP contribution is -2.25. The molecule has 2 aromatic heterocycles. The van der Waals surface area contributed by atoms with Gasteiger partial charge in [0.15, 0.2) is 6.29 Å². The molecule has 1 fully saturated rings. The maximum atomic E-state index is 11.7. The number of hydrogen-bond donors (Lipinski definition) is 2. The van der Waals surface area contributed by atoms with Crippen LogP contribution in [0.5, 0.6) is 0 Å². The zero-order valence-corrected chi connectivity index (χ0v) is 15.7. The quantitative estimate of drug-likeness (QED) is 0.677. The van der Waals surface area contributed by atoms with Crippen molar-refractivity contribution in [1.29, 1.82) is 0 Å². The van der Waals surface area contributed by atoms with Crippen LogP contribution in [-0.4, -0.2) is 39.6 Å². The van der Waals surface area contributed by atoms with Crippen LogP contribution in [0.25, 0.3) is 10.9 Å². The van der Waals surface area contributed by atoms with E-state index < -0.39 is 24.4 Å². The van der Waals surface area contributed by atoms with Crippen molar-refractivity contribution >= 4 is 34.2 Å². The van der Waals surface area contributed by atoms with E-state index in [0.717, 1.165) is 29.2 Å². The number of amides is 1. The molecule has 4 rings (SSSR count). The Bertz CT molecular complexity index is 1020. The molecule has 9 heteroatoms. The summed E-state index contributed by atoms with van der Waals surface area (Å²) >= 11 is 1.25. The Hall–Kier alpha value is -2.75. The highest BCUT2D eigenvalue weighted by atomic mass is 32.1. The topological polar surface area (TPSA) is 117 Å². The van der Waals surface area contributed by atoms with E-state index in [-0.39, 0.29) is 5.69 Å². The lowest BCUT2D eigenvalue weighted by Gasteiger charge is -2.26. The standard InChI is InChI=1S/C19H19N3O5S/c20-17(23)13-10-28-18(21-13)16(27-15-7-3-4-8-26-15)12-9-22(19(24)25)14-6-2-1-5-11(12)14/h1-2,5-6,9-10,15-16H,3-4,7-8H2,(H2,20,23)(H,24,25). The first kappa shape index (κ1) is 18.6. The molecule has 8 nitrogen and oxygen atoms in total. The average molecular weight is 401 g/mol. The lowest BCUT2D eigenvalue weighted by molar-refractivity contribution is -0.181. The summed E-state index contributed by atoms with van der Waals surface area (Å²) < 4.78 is 13.1. The highest BCUT2D eigenvalue weighted by Crippen LogP contribution is 2.36. The molecule has 3 aromatic rings. The van der Waals surface area contributed by atoms with Gasteiger partial charge in [0.25, 0.3) is 5.91 Å². The third-order valence-corrected chi connectivity index (χ3v) is 5.54. The minimum absolute atomic E-state index is 0.153. The van der Waals surface area contributed by atoms with Crippen LogP contribution in [0, 0.1) is 0 Å². The van der Waals surface area contributed by atoms with Crippen molar-refractivity contribution in [2.24, 2.45) is 5.73 Å². The summed E-state index contributed by atoms with van der Waals surface area (Å²) in [6.07, 6.45) is 2.05. The molecule has 0 aliphatic carbocycles. The summed E-state index contributed by atoms with van der Waals surface area (Å²) in [6.45, 7) is 0.610. The summed E-state index contributed by atoms with van der Waals surface area (Å²) in [5, 5.41) is 12.4. The molecule has 0 bridgehead atoms. The van der Waals surface area contributed by atoms with Gasteiger partial charge >= 0.3 is 6.09 Å². The van der Waals surface area contributed by atoms with Crippen LogP contribution in [0.3, 0.4) is 0 Å². The third-order valence-electron chi connectivity index (χ3n) is 4.66. The number of carbonyl (C=O) groups is 2. The zero-order chi connectivity index (χ0) is 19.7. The SMILES string of the molecule is NC(=O)c1csc(C(OC2CCCCO2)c2cn(C(=O)O)c3ccccc23)n1. The fraction of sp³-hybridized carbons (Fsp3) is 0.316. The number of hydrogen-bond acceptors (Lipinski definition) is 6. The van der Waals surface area contributed by atoms with Gasteiger partial charge in [-0.15, -0.1) is 11.3 Å². The molecule has 2 atom stereocenters. The van der Waals surface area contributed by atoms with E-state index in [9.17, 15) is 14.7 Å². The Balaban J connectivity index is 1.81. The summed E-state index contributed by atoms with van der Waals surface area (Å²) in [5.74, 6) is -0.622. The number of fused-ring (bicyclic) bond motifs is 1. The number of rotatable bonds is 5. The second kappa shape index (κ2) is 7.70. The Morgan fingerprint density at radius 2 is 2.18 bits per heavy atom. The normalized spacial score (nSPS) is 18.2. The molecule has 1 saturated heterocycles. The van der Waals surface area contributed by atoms with Gasteiger partial charge < -0.3 is 20.3 Å². The van der Waals surface area contributed by atoms with Gasteiger partial charge in [0.05, 0.1) is 5.52 Å². The van der Waals surface area contributed by atoms with E-state index >= 15 is 0 Å². The van der Waals surface area contributed by atoms with Crippen molar-refractivity contribution < 1.29 is 24.2 Å². The second-order valence-electron chi connectivity index (χ2n) is 6.50. The van der Waals surface area contributed by atoms with Crippen LogP contribution < -0.4 is 5.73 Å². The van der Waals surface area contributed by atoms with E-state index in [1.807, 2.05) is 12.1 Å². The predicted octanol–water partition coefficient (Wildman–Crippen LogP) is 3.36. The number of aromatic nitrogens is 2. The van der Waals surface area contributed by atoms with Gasteiger partial charge in [0.2, 0.25) is 0 Å². The first-order chi connectivity index (χ1) is 13.5. The Morgan fingerprint density at radius 1 is 1.36 bits per heavy atom. The van der Waals surface area contributed by atoms with Crippen molar-refractivity contribution in [1.82, 2.24) is 9.55 Å². The molecule has 3 N–H and O–H groups in total. The van der Waals surface area contributed by atoms with Gasteiger partial charge in [-0.1, -0.05) is 18.2 Å². The number of nitrogens with zero attached hydrogens (tertiary/aromatic N) is 2. The Morgan fingerprint density at radius 3 is 2.86 bits per heavy atom. The summed E-state index contributed by atoms with van der Waals surface area (Å²) in [4.78, 5) is 27.5. The predicted molar refractivity (Wildman–Crippen MR) is 103 cm³/mol. The number of carbonyl (C=O) groups excluding carboxylic acids is 1. The highest BCUT2D eigenvalue weighted by Gasteiger charge is 2.29. The highest BCUT2D eigenvalue weighted by molar-refractivity contribution is 7.10. The third kappa shape index (κ3) is 3.51. The molecular formula is C19H19N3O5S. The first-order valence-electron chi connectivity index (χ1n) is 8.90. The number of thiazole rings is 1. The number of ether oxygens (including phenoxy) is 2. The van der Waals surface area contributed by atoms with Gasteiger partial charge in [-0.05, 0) is 25.3 Å². The molecule has 1 aliphatic rings. The molecular weight excluding hydrogens is 382 g/mol. The Labute approximate surface area is 164 Å². The van der Waals surface area contributed by atoms with Crippen LogP contribution in [-0.2, 0) is 9.47 Å². The zero-order valence-electron chi connectivity index (χ0n) is 14.9. The summed E-state index contributed by atoms with van der Waals surface area (Å²) in [7, 11) is 0. The van der Waals surface area contributed by atoms with Crippen LogP contribution >= 0.6 is 11.3 Å². The van der Waals surface area contributed by atoms with Crippen molar-refractivity contribution in [3.63, 3.8) is 0 Å². The van der Waals surface area contributed by atoms with Crippen LogP contribution in [0.4, 0.5) is 4.79 Å². The van der Waals surface area contributed by atoms with Crippen molar-refractivity contribution in [3.05, 3.63) is 52.1 Å². The maximum absolute atomic E-state index is 11.7. The molecule has 0 radical (unpaired) electrons. The molecule has 0 spiro atoms. The number of benzene rings is 1. The summed E-state index contributed by atoms with van der Waals surface area (Å²) in [5.41, 5.74) is 6.70. The van der Waals surface area contributed by atoms with Gasteiger partial charge in [-0.2, -0.15) is 0 Å². The first-order valence-corrected chi connectivity index (χ1v) is 9.78. The largest absolute Gasteiger partial charge is 0.464 e. The van der Waals surface area contributed by atoms with Gasteiger partial charge in [0, 0.05) is 29.1 Å². The van der Waals surface area contributed by atoms with Crippen LogP contribution in [0.15, 0.2) is 35.8 Å². The van der Waals surface area contributed by atoms with Gasteiger partial charge in [-0.3, -0.25) is 9.36 Å². The van der Waals surface area contributed by atoms with Gasteiger partial charge in [0.1, 0.15) is 16.8 Å². The number of para-hydroxylation sites is 1. The monoisotopic (exact) mass is 401 g/mol. The van der Waals surface area contributed by atoms with E-state index in [1.165, 1.54) is 17.5 Å². The Kier molecular flexibility index (Phi) is 5.12. The van der Waals surface area contributed by atoms with E-state index in [2.05, 4.69) is 4.98 Å². The van der Waals surface area contributed by atoms with Crippen molar-refractivity contribution in [3.8, 4) is 0 Å². The molecule has 28 heavy (non-hydrogen) atoms. The molecule has 146 valence electrons. The maximum Gasteiger partial charge on any atom is 0.416 e. The minimum atomic E-state index is -1.09. The molecule has 0 saturated carbocycles. The lowest BCUT2D eigenvalue weighted by atomic mass is 10.1. The fourth-order valence-electron chi connectivity index (χ4n) is 3.33. The molecule has 1 aromatic carbocycles. The smallest absolute Gasteiger partial charge is 0.416 e.